The van der Waals surface area contributed by atoms with Gasteiger partial charge in [0.1, 0.15) is 28.0 Å². The van der Waals surface area contributed by atoms with E-state index in [4.69, 9.17) is 99.9 Å². The quantitative estimate of drug-likeness (QED) is 0.0317. The minimum absolute atomic E-state index is 0. The SMILES string of the molecule is CC(C)(C)OC(=O)NC[C@H]1CN(Cc2ccc(Cl)c(Cl)c2)CCO1.CC(C)(C)OC(=O)NC[C@H]1CNCCO1.CC(C)(C)OC(=O)OC(=O)OC(C)(C)C.CCN(CC)CC.CCOC(C)=O.CN1CCO[C@@H](CNC(=O)OC(C)(C)C)C1.CO.NC[C@H]1CN(Cc2ccc(Cl)c(Cl)c2)CCO1.[CH3-].[CH3-].[HH].[HH].[Pd].[Pd]. The summed E-state index contributed by atoms with van der Waals surface area (Å²) < 4.78 is 55.8. The number of morpholine rings is 4. The summed E-state index contributed by atoms with van der Waals surface area (Å²) in [6.45, 7) is 53.5. The number of hydrogen-bond donors (Lipinski definition) is 6. The number of nitrogens with one attached hydrogen (secondary N) is 4. The second-order valence-electron chi connectivity index (χ2n) is 28.4. The number of carbonyl (C=O) groups is 6. The van der Waals surface area contributed by atoms with Gasteiger partial charge in [0.25, 0.3) is 0 Å². The van der Waals surface area contributed by atoms with Crippen LogP contribution >= 0.6 is 46.4 Å². The number of benzene rings is 2. The first-order chi connectivity index (χ1) is 47.4. The normalized spacial score (nSPS) is 17.3. The molecule has 3 amide bonds. The van der Waals surface area contributed by atoms with Crippen LogP contribution < -0.4 is 27.0 Å². The molecule has 4 atom stereocenters. The third-order valence-electron chi connectivity index (χ3n) is 13.1. The second kappa shape index (κ2) is 61.1. The van der Waals surface area contributed by atoms with Gasteiger partial charge >= 0.3 is 36.6 Å². The molecular weight excluding hydrogens is 1650 g/mol. The maximum absolute atomic E-state index is 11.7. The molecule has 0 spiro atoms. The summed E-state index contributed by atoms with van der Waals surface area (Å²) in [5, 5.41) is 20.7. The van der Waals surface area contributed by atoms with Crippen molar-refractivity contribution in [2.24, 2.45) is 5.73 Å². The number of nitrogens with zero attached hydrogens (tertiary/aromatic N) is 4. The molecule has 4 aliphatic heterocycles. The molecule has 2 aromatic carbocycles. The van der Waals surface area contributed by atoms with Crippen LogP contribution in [-0.2, 0) is 111 Å². The summed E-state index contributed by atoms with van der Waals surface area (Å²) in [6.07, 6.45) is -3.12. The van der Waals surface area contributed by atoms with E-state index < -0.39 is 52.5 Å². The Morgan fingerprint density at radius 3 is 1.17 bits per heavy atom. The van der Waals surface area contributed by atoms with Crippen LogP contribution in [0.5, 0.6) is 0 Å². The van der Waals surface area contributed by atoms with E-state index in [1.165, 1.54) is 26.6 Å². The predicted octanol–water partition coefficient (Wildman–Crippen LogP) is 13.0. The van der Waals surface area contributed by atoms with Gasteiger partial charge < -0.3 is 109 Å². The molecule has 0 bridgehead atoms. The molecule has 2 aromatic rings. The molecule has 0 aromatic heterocycles. The second-order valence-corrected chi connectivity index (χ2v) is 30.0. The molecule has 0 unspecified atom stereocenters. The van der Waals surface area contributed by atoms with Crippen molar-refractivity contribution in [1.82, 2.24) is 40.9 Å². The zero-order valence-electron chi connectivity index (χ0n) is 67.7. The Hall–Kier alpha value is -3.50. The number of amides is 3. The van der Waals surface area contributed by atoms with Crippen molar-refractivity contribution in [3.05, 3.63) is 82.5 Å². The van der Waals surface area contributed by atoms with Gasteiger partial charge in [-0.05, 0) is 173 Å². The van der Waals surface area contributed by atoms with Crippen molar-refractivity contribution < 1.29 is 130 Å². The minimum Gasteiger partial charge on any atom is -0.466 e. The first-order valence-corrected chi connectivity index (χ1v) is 36.1. The van der Waals surface area contributed by atoms with Gasteiger partial charge in [-0.25, -0.2) is 24.0 Å². The molecule has 33 heteroatoms. The number of rotatable bonds is 15. The van der Waals surface area contributed by atoms with Gasteiger partial charge in [-0.3, -0.25) is 14.6 Å². The third kappa shape index (κ3) is 65.2. The number of esters is 1. The van der Waals surface area contributed by atoms with Gasteiger partial charge in [-0.2, -0.15) is 0 Å². The monoisotopic (exact) mass is 1780 g/mol. The van der Waals surface area contributed by atoms with Crippen LogP contribution in [0.1, 0.15) is 152 Å². The molecular formula is C73H137Cl4N9O18Pd2-2. The molecule has 0 aliphatic carbocycles. The van der Waals surface area contributed by atoms with E-state index in [2.05, 4.69) is 71.1 Å². The van der Waals surface area contributed by atoms with E-state index in [-0.39, 0.29) is 95.0 Å². The van der Waals surface area contributed by atoms with Crippen LogP contribution in [-0.4, -0.2) is 259 Å². The summed E-state index contributed by atoms with van der Waals surface area (Å²) in [5.41, 5.74) is 5.09. The van der Waals surface area contributed by atoms with Crippen molar-refractivity contribution >= 4 is 83.0 Å². The Morgan fingerprint density at radius 2 is 0.877 bits per heavy atom. The Balaban J connectivity index is -0.000000183. The van der Waals surface area contributed by atoms with Crippen molar-refractivity contribution in [2.75, 3.05) is 145 Å². The van der Waals surface area contributed by atoms with Crippen LogP contribution in [0, 0.1) is 14.9 Å². The van der Waals surface area contributed by atoms with E-state index in [9.17, 15) is 28.8 Å². The fourth-order valence-electron chi connectivity index (χ4n) is 8.67. The van der Waals surface area contributed by atoms with Crippen molar-refractivity contribution in [1.29, 1.82) is 0 Å². The van der Waals surface area contributed by atoms with Crippen LogP contribution in [0.15, 0.2) is 36.4 Å². The van der Waals surface area contributed by atoms with E-state index in [1.807, 2.05) is 99.7 Å². The van der Waals surface area contributed by atoms with Gasteiger partial charge in [0, 0.05) is 149 Å². The largest absolute Gasteiger partial charge is 0.519 e. The number of aliphatic hydroxyl groups excluding tert-OH is 1. The van der Waals surface area contributed by atoms with Gasteiger partial charge in [-0.1, -0.05) is 79.3 Å². The zero-order chi connectivity index (χ0) is 78.5. The molecule has 4 aliphatic rings. The summed E-state index contributed by atoms with van der Waals surface area (Å²) in [6, 6.07) is 11.4. The van der Waals surface area contributed by atoms with Crippen molar-refractivity contribution in [3.8, 4) is 0 Å². The van der Waals surface area contributed by atoms with Crippen LogP contribution in [0.3, 0.4) is 0 Å². The number of nitrogens with two attached hydrogens (primary N) is 1. The fourth-order valence-corrected chi connectivity index (χ4v) is 9.31. The van der Waals surface area contributed by atoms with Gasteiger partial charge in [0.05, 0.1) is 77.5 Å². The smallest absolute Gasteiger partial charge is 0.466 e. The number of likely N-dealkylation sites (N-methyl/N-ethyl adjacent to an activating group) is 1. The number of alkyl carbamates (subject to hydrolysis) is 3. The first-order valence-electron chi connectivity index (χ1n) is 34.6. The molecule has 4 saturated heterocycles. The molecule has 6 rings (SSSR count). The Bertz CT molecular complexity index is 2650. The molecule has 106 heavy (non-hydrogen) atoms. The Morgan fingerprint density at radius 1 is 0.538 bits per heavy atom. The van der Waals surface area contributed by atoms with Crippen LogP contribution in [0.25, 0.3) is 0 Å². The average Bonchev–Trinajstić information content (AvgIpc) is 0.866. The number of carbonyl (C=O) groups excluding carboxylic acids is 6. The van der Waals surface area contributed by atoms with E-state index in [1.54, 1.807) is 54.5 Å². The van der Waals surface area contributed by atoms with Gasteiger partial charge in [-0.15, -0.1) is 0 Å². The number of ether oxygens (including phenoxy) is 11. The van der Waals surface area contributed by atoms with E-state index in [0.29, 0.717) is 66.1 Å². The summed E-state index contributed by atoms with van der Waals surface area (Å²) >= 11 is 23.9. The molecule has 632 valence electrons. The van der Waals surface area contributed by atoms with Crippen molar-refractivity contribution in [3.63, 3.8) is 0 Å². The Kier molecular flexibility index (Phi) is 65.4. The maximum Gasteiger partial charge on any atom is 0.519 e. The fraction of sp³-hybridized carbons (Fsp3) is 0.726. The third-order valence-corrected chi connectivity index (χ3v) is 14.6. The number of hydrogen-bond acceptors (Lipinski definition) is 24. The van der Waals surface area contributed by atoms with Gasteiger partial charge in [0.15, 0.2) is 0 Å². The Labute approximate surface area is 686 Å². The predicted molar refractivity (Wildman–Crippen MR) is 419 cm³/mol. The van der Waals surface area contributed by atoms with E-state index in [0.717, 1.165) is 96.9 Å². The van der Waals surface area contributed by atoms with E-state index >= 15 is 0 Å². The molecule has 4 heterocycles. The summed E-state index contributed by atoms with van der Waals surface area (Å²) in [7, 11) is 3.04. The number of aliphatic hydroxyl groups is 1. The standard InChI is InChI=1S/C17H24Cl2N2O3.C12H16Cl2N2O.C11H22N2O3.C10H20N2O3.C10H18O5.C6H15N.C4H8O2.CH4O.2CH3.2Pd.2H2/c1-17(2,3)24-16(22)20-9-13-11-21(6-7-23-13)10-12-4-5-14(18)15(19)8-12;13-11-2-1-9(5-12(11)14)7-16-3-4-17-10(6-15)8-16;1-11(2,3)16-10(14)12-7-9-8-13(4)5-6-15-9;1-10(2,3)15-9(13)12-7-8-6-11-4-5-14-8;1-9(2,3)14-7(11)13-8(12)15-10(4,5)6;1-4-7(5-2)6-3;1-3-6-4(2)5;1-2;;;;;;/h4-5,8,13H,6-7,9-11H2,1-3H3,(H,20,22);1-2,5,10H,3-4,6-8,15H2;9H,5-8H2,1-4H3,(H,12,14);8,11H,4-7H2,1-3H3,(H,12,13);1-6H3;4-6H2,1-3H3;3H2,1-2H3;2H,1H3;2*1H3;;;2*1H/q;;;;;;;;2*-1;;;;/t13-;10-;9-;8-;;;;;;;;;;/m0001........../s1. The van der Waals surface area contributed by atoms with Gasteiger partial charge in [0.2, 0.25) is 0 Å². The first kappa shape index (κ1) is 113. The molecule has 0 radical (unpaired) electrons. The molecule has 0 saturated carbocycles. The van der Waals surface area contributed by atoms with Crippen molar-refractivity contribution in [2.45, 2.75) is 204 Å². The molecule has 7 N–H and O–H groups in total. The average molecular weight is 1780 g/mol. The maximum atomic E-state index is 11.7. The zero-order valence-corrected chi connectivity index (χ0v) is 73.9. The van der Waals surface area contributed by atoms with Crippen LogP contribution in [0.4, 0.5) is 24.0 Å². The number of halogens is 4. The molecule has 4 fully saturated rings. The van der Waals surface area contributed by atoms with Crippen LogP contribution in [0.2, 0.25) is 20.1 Å². The minimum atomic E-state index is -1.06. The summed E-state index contributed by atoms with van der Waals surface area (Å²) in [4.78, 5) is 75.4. The summed E-state index contributed by atoms with van der Waals surface area (Å²) in [5.74, 6) is -0.211. The topological polar surface area (TPSA) is 311 Å². The molecule has 27 nitrogen and oxygen atoms in total.